The summed E-state index contributed by atoms with van der Waals surface area (Å²) < 4.78 is 5.80. The van der Waals surface area contributed by atoms with Crippen LogP contribution in [0.2, 0.25) is 0 Å². The number of para-hydroxylation sites is 1. The van der Waals surface area contributed by atoms with Crippen molar-refractivity contribution >= 4 is 0 Å². The monoisotopic (exact) mass is 291 g/mol. The Hall–Kier alpha value is -1.02. The molecule has 0 radical (unpaired) electrons. The van der Waals surface area contributed by atoms with Crippen LogP contribution in [0.3, 0.4) is 0 Å². The molecule has 0 saturated heterocycles. The second kappa shape index (κ2) is 12.7. The van der Waals surface area contributed by atoms with E-state index >= 15 is 0 Å². The standard InChI is InChI=1S/C19H33NO/c1-3-5-6-7-8-10-13-18(20-4-2)16-17-21-19-14-11-9-12-15-19/h9,11-12,14-15,18,20H,3-8,10,13,16-17H2,1-2H3. The first-order valence-corrected chi connectivity index (χ1v) is 8.78. The first-order valence-electron chi connectivity index (χ1n) is 8.78. The maximum Gasteiger partial charge on any atom is 0.119 e. The van der Waals surface area contributed by atoms with Gasteiger partial charge in [-0.25, -0.2) is 0 Å². The normalized spacial score (nSPS) is 12.3. The molecule has 21 heavy (non-hydrogen) atoms. The van der Waals surface area contributed by atoms with Gasteiger partial charge in [-0.15, -0.1) is 0 Å². The first-order chi connectivity index (χ1) is 10.4. The van der Waals surface area contributed by atoms with Crippen LogP contribution < -0.4 is 10.1 Å². The van der Waals surface area contributed by atoms with E-state index in [-0.39, 0.29) is 0 Å². The lowest BCUT2D eigenvalue weighted by Crippen LogP contribution is -2.30. The fourth-order valence-electron chi connectivity index (χ4n) is 2.64. The molecule has 0 aromatic heterocycles. The van der Waals surface area contributed by atoms with Crippen molar-refractivity contribution in [2.24, 2.45) is 0 Å². The smallest absolute Gasteiger partial charge is 0.119 e. The van der Waals surface area contributed by atoms with Gasteiger partial charge in [-0.3, -0.25) is 0 Å². The average molecular weight is 291 g/mol. The summed E-state index contributed by atoms with van der Waals surface area (Å²) in [5.41, 5.74) is 0. The lowest BCUT2D eigenvalue weighted by atomic mass is 10.0. The third-order valence-corrected chi connectivity index (χ3v) is 3.88. The molecule has 1 rings (SSSR count). The summed E-state index contributed by atoms with van der Waals surface area (Å²) >= 11 is 0. The van der Waals surface area contributed by atoms with Crippen LogP contribution in [-0.4, -0.2) is 19.2 Å². The molecule has 1 N–H and O–H groups in total. The van der Waals surface area contributed by atoms with E-state index in [0.717, 1.165) is 25.3 Å². The molecule has 0 aliphatic heterocycles. The highest BCUT2D eigenvalue weighted by Crippen LogP contribution is 2.12. The fraction of sp³-hybridized carbons (Fsp3) is 0.684. The molecule has 0 aliphatic rings. The van der Waals surface area contributed by atoms with Crippen molar-refractivity contribution in [3.63, 3.8) is 0 Å². The highest BCUT2D eigenvalue weighted by atomic mass is 16.5. The Morgan fingerprint density at radius 1 is 0.905 bits per heavy atom. The molecule has 1 aromatic rings. The number of rotatable bonds is 13. The minimum Gasteiger partial charge on any atom is -0.494 e. The van der Waals surface area contributed by atoms with E-state index in [2.05, 4.69) is 19.2 Å². The second-order valence-corrected chi connectivity index (χ2v) is 5.76. The highest BCUT2D eigenvalue weighted by molar-refractivity contribution is 5.20. The summed E-state index contributed by atoms with van der Waals surface area (Å²) in [6.07, 6.45) is 10.6. The molecular formula is C19H33NO. The Morgan fingerprint density at radius 2 is 1.62 bits per heavy atom. The van der Waals surface area contributed by atoms with Gasteiger partial charge in [-0.2, -0.15) is 0 Å². The third-order valence-electron chi connectivity index (χ3n) is 3.88. The number of hydrogen-bond acceptors (Lipinski definition) is 2. The second-order valence-electron chi connectivity index (χ2n) is 5.76. The van der Waals surface area contributed by atoms with Crippen LogP contribution in [-0.2, 0) is 0 Å². The van der Waals surface area contributed by atoms with Crippen molar-refractivity contribution in [3.8, 4) is 5.75 Å². The molecule has 0 bridgehead atoms. The van der Waals surface area contributed by atoms with Gasteiger partial charge in [0.05, 0.1) is 6.61 Å². The summed E-state index contributed by atoms with van der Waals surface area (Å²) in [5.74, 6) is 0.979. The van der Waals surface area contributed by atoms with Crippen molar-refractivity contribution in [3.05, 3.63) is 30.3 Å². The molecule has 2 heteroatoms. The van der Waals surface area contributed by atoms with E-state index in [1.165, 1.54) is 44.9 Å². The quantitative estimate of drug-likeness (QED) is 0.505. The van der Waals surface area contributed by atoms with Crippen LogP contribution >= 0.6 is 0 Å². The Balaban J connectivity index is 2.11. The van der Waals surface area contributed by atoms with E-state index < -0.39 is 0 Å². The molecule has 1 aromatic carbocycles. The van der Waals surface area contributed by atoms with Crippen LogP contribution in [0.15, 0.2) is 30.3 Å². The van der Waals surface area contributed by atoms with Crippen molar-refractivity contribution < 1.29 is 4.74 Å². The van der Waals surface area contributed by atoms with Crippen LogP contribution in [0.1, 0.15) is 65.2 Å². The molecule has 0 fully saturated rings. The number of nitrogens with one attached hydrogen (secondary N) is 1. The number of hydrogen-bond donors (Lipinski definition) is 1. The summed E-state index contributed by atoms with van der Waals surface area (Å²) in [7, 11) is 0. The Morgan fingerprint density at radius 3 is 2.33 bits per heavy atom. The fourth-order valence-corrected chi connectivity index (χ4v) is 2.64. The predicted octanol–water partition coefficient (Wildman–Crippen LogP) is 5.18. The van der Waals surface area contributed by atoms with Crippen LogP contribution in [0, 0.1) is 0 Å². The van der Waals surface area contributed by atoms with Crippen molar-refractivity contribution in [2.45, 2.75) is 71.3 Å². The van der Waals surface area contributed by atoms with E-state index in [4.69, 9.17) is 4.74 Å². The zero-order valence-electron chi connectivity index (χ0n) is 13.9. The SMILES string of the molecule is CCCCCCCCC(CCOc1ccccc1)NCC. The van der Waals surface area contributed by atoms with E-state index in [1.54, 1.807) is 0 Å². The van der Waals surface area contributed by atoms with E-state index in [9.17, 15) is 0 Å². The van der Waals surface area contributed by atoms with Gasteiger partial charge in [0.2, 0.25) is 0 Å². The van der Waals surface area contributed by atoms with Gasteiger partial charge in [0.15, 0.2) is 0 Å². The van der Waals surface area contributed by atoms with E-state index in [1.807, 2.05) is 30.3 Å². The maximum absolute atomic E-state index is 5.80. The molecular weight excluding hydrogens is 258 g/mol. The maximum atomic E-state index is 5.80. The van der Waals surface area contributed by atoms with Crippen molar-refractivity contribution in [1.29, 1.82) is 0 Å². The van der Waals surface area contributed by atoms with Gasteiger partial charge in [-0.1, -0.05) is 70.6 Å². The summed E-state index contributed by atoms with van der Waals surface area (Å²) in [5, 5.41) is 3.59. The summed E-state index contributed by atoms with van der Waals surface area (Å²) in [6, 6.07) is 10.7. The molecule has 0 aliphatic carbocycles. The van der Waals surface area contributed by atoms with Gasteiger partial charge < -0.3 is 10.1 Å². The van der Waals surface area contributed by atoms with E-state index in [0.29, 0.717) is 6.04 Å². The van der Waals surface area contributed by atoms with Crippen molar-refractivity contribution in [1.82, 2.24) is 5.32 Å². The zero-order valence-corrected chi connectivity index (χ0v) is 13.9. The average Bonchev–Trinajstić information content (AvgIpc) is 2.51. The molecule has 0 heterocycles. The van der Waals surface area contributed by atoms with Crippen LogP contribution in [0.25, 0.3) is 0 Å². The lowest BCUT2D eigenvalue weighted by Gasteiger charge is -2.18. The van der Waals surface area contributed by atoms with Crippen LogP contribution in [0.5, 0.6) is 5.75 Å². The van der Waals surface area contributed by atoms with Gasteiger partial charge in [0.1, 0.15) is 5.75 Å². The molecule has 0 amide bonds. The number of benzene rings is 1. The molecule has 0 spiro atoms. The third kappa shape index (κ3) is 9.52. The number of ether oxygens (including phenoxy) is 1. The van der Waals surface area contributed by atoms with Crippen molar-refractivity contribution in [2.75, 3.05) is 13.2 Å². The number of unbranched alkanes of at least 4 members (excludes halogenated alkanes) is 5. The van der Waals surface area contributed by atoms with Gasteiger partial charge >= 0.3 is 0 Å². The molecule has 1 unspecified atom stereocenters. The summed E-state index contributed by atoms with van der Waals surface area (Å²) in [4.78, 5) is 0. The Labute approximate surface area is 131 Å². The predicted molar refractivity (Wildman–Crippen MR) is 92.0 cm³/mol. The first kappa shape index (κ1) is 18.0. The Bertz CT molecular complexity index is 326. The minimum atomic E-state index is 0.602. The van der Waals surface area contributed by atoms with Crippen LogP contribution in [0.4, 0.5) is 0 Å². The van der Waals surface area contributed by atoms with Gasteiger partial charge in [0.25, 0.3) is 0 Å². The Kier molecular flexibility index (Phi) is 10.9. The zero-order chi connectivity index (χ0) is 15.2. The lowest BCUT2D eigenvalue weighted by molar-refractivity contribution is 0.279. The largest absolute Gasteiger partial charge is 0.494 e. The van der Waals surface area contributed by atoms with Gasteiger partial charge in [0, 0.05) is 6.04 Å². The molecule has 0 saturated carbocycles. The summed E-state index contributed by atoms with van der Waals surface area (Å²) in [6.45, 7) is 6.31. The molecule has 120 valence electrons. The van der Waals surface area contributed by atoms with Gasteiger partial charge in [-0.05, 0) is 31.5 Å². The highest BCUT2D eigenvalue weighted by Gasteiger charge is 2.07. The minimum absolute atomic E-state index is 0.602. The topological polar surface area (TPSA) is 21.3 Å². The molecule has 1 atom stereocenters. The molecule has 2 nitrogen and oxygen atoms in total.